The van der Waals surface area contributed by atoms with Crippen LogP contribution in [0.4, 0.5) is 0 Å². The third kappa shape index (κ3) is 5.45. The molecule has 0 saturated carbocycles. The largest absolute Gasteiger partial charge is 0.497 e. The Labute approximate surface area is 246 Å². The lowest BCUT2D eigenvalue weighted by Crippen LogP contribution is -2.42. The maximum absolute atomic E-state index is 13.9. The Balaban J connectivity index is 2.16. The molecule has 1 aliphatic heterocycles. The highest BCUT2D eigenvalue weighted by Gasteiger charge is 2.41. The maximum Gasteiger partial charge on any atom is 0.338 e. The van der Waals surface area contributed by atoms with Gasteiger partial charge in [0.05, 0.1) is 63.2 Å². The lowest BCUT2D eigenvalue weighted by Gasteiger charge is -2.28. The van der Waals surface area contributed by atoms with E-state index in [1.807, 2.05) is 0 Å². The molecule has 42 heavy (non-hydrogen) atoms. The number of esters is 2. The Hall–Kier alpha value is -4.71. The molecule has 222 valence electrons. The van der Waals surface area contributed by atoms with Gasteiger partial charge in [0.1, 0.15) is 33.5 Å². The van der Waals surface area contributed by atoms with Crippen molar-refractivity contribution in [2.45, 2.75) is 19.8 Å². The number of nitrogens with two attached hydrogens (primary N) is 1. The number of fused-ring (bicyclic) bond motifs is 1. The van der Waals surface area contributed by atoms with Crippen molar-refractivity contribution in [2.24, 2.45) is 5.73 Å². The van der Waals surface area contributed by atoms with Gasteiger partial charge in [0.15, 0.2) is 0 Å². The molecule has 0 aliphatic carbocycles. The van der Waals surface area contributed by atoms with Gasteiger partial charge in [0.25, 0.3) is 5.56 Å². The number of carbonyl (C=O) groups excluding carboxylic acids is 2. The van der Waals surface area contributed by atoms with Crippen LogP contribution in [0.15, 0.2) is 46.8 Å². The number of benzene rings is 2. The number of nitrogens with zero attached hydrogens (tertiary/aromatic N) is 1. The molecule has 0 spiro atoms. The number of hydrogen-bond acceptors (Lipinski definition) is 11. The van der Waals surface area contributed by atoms with Crippen LogP contribution in [0.2, 0.25) is 0 Å². The van der Waals surface area contributed by atoms with E-state index in [-0.39, 0.29) is 39.4 Å². The highest BCUT2D eigenvalue weighted by atomic mass is 32.1. The Morgan fingerprint density at radius 2 is 1.45 bits per heavy atom. The molecule has 2 heterocycles. The van der Waals surface area contributed by atoms with Crippen molar-refractivity contribution in [3.05, 3.63) is 72.6 Å². The maximum atomic E-state index is 13.9. The normalized spacial score (nSPS) is 14.8. The zero-order chi connectivity index (χ0) is 30.6. The summed E-state index contributed by atoms with van der Waals surface area (Å²) in [6.07, 6.45) is 1.62. The first kappa shape index (κ1) is 30.3. The van der Waals surface area contributed by atoms with Gasteiger partial charge in [-0.1, -0.05) is 0 Å². The van der Waals surface area contributed by atoms with Crippen molar-refractivity contribution >= 4 is 40.7 Å². The average Bonchev–Trinajstić information content (AvgIpc) is 3.32. The molecule has 1 atom stereocenters. The first-order valence-corrected chi connectivity index (χ1v) is 13.8. The number of rotatable bonds is 10. The van der Waals surface area contributed by atoms with Crippen LogP contribution in [0.1, 0.15) is 30.9 Å². The summed E-state index contributed by atoms with van der Waals surface area (Å²) in [7, 11) is 6.00. The van der Waals surface area contributed by atoms with Crippen molar-refractivity contribution in [2.75, 3.05) is 41.7 Å². The van der Waals surface area contributed by atoms with Crippen molar-refractivity contribution in [3.8, 4) is 23.0 Å². The van der Waals surface area contributed by atoms with Gasteiger partial charge in [-0.2, -0.15) is 0 Å². The molecule has 0 amide bonds. The molecular formula is C30H32N2O9S. The summed E-state index contributed by atoms with van der Waals surface area (Å²) in [6, 6.07) is 10.1. The Morgan fingerprint density at radius 3 is 2.05 bits per heavy atom. The molecule has 12 heteroatoms. The quantitative estimate of drug-likeness (QED) is 0.346. The van der Waals surface area contributed by atoms with Crippen LogP contribution in [0.3, 0.4) is 0 Å². The van der Waals surface area contributed by atoms with E-state index in [2.05, 4.69) is 0 Å². The van der Waals surface area contributed by atoms with Crippen LogP contribution in [0.5, 0.6) is 23.0 Å². The summed E-state index contributed by atoms with van der Waals surface area (Å²) in [5.41, 5.74) is 6.99. The average molecular weight is 597 g/mol. The van der Waals surface area contributed by atoms with Gasteiger partial charge >= 0.3 is 11.9 Å². The molecule has 1 unspecified atom stereocenters. The monoisotopic (exact) mass is 596 g/mol. The second-order valence-corrected chi connectivity index (χ2v) is 9.89. The second kappa shape index (κ2) is 12.9. The van der Waals surface area contributed by atoms with Gasteiger partial charge < -0.3 is 34.2 Å². The smallest absolute Gasteiger partial charge is 0.338 e. The van der Waals surface area contributed by atoms with Crippen LogP contribution in [-0.4, -0.2) is 58.2 Å². The molecule has 0 saturated heterocycles. The Bertz CT molecular complexity index is 1740. The zero-order valence-corrected chi connectivity index (χ0v) is 25.0. The molecule has 11 nitrogen and oxygen atoms in total. The lowest BCUT2D eigenvalue weighted by molar-refractivity contribution is -0.138. The minimum absolute atomic E-state index is 0.0316. The molecule has 0 radical (unpaired) electrons. The summed E-state index contributed by atoms with van der Waals surface area (Å²) >= 11 is 1.03. The fraction of sp³-hybridized carbons (Fsp3) is 0.300. The van der Waals surface area contributed by atoms with Crippen LogP contribution in [0, 0.1) is 0 Å². The Kier molecular flexibility index (Phi) is 9.26. The molecular weight excluding hydrogens is 564 g/mol. The molecule has 1 aliphatic rings. The number of aromatic nitrogens is 1. The first-order valence-electron chi connectivity index (χ1n) is 13.0. The van der Waals surface area contributed by atoms with Crippen LogP contribution < -0.4 is 39.4 Å². The van der Waals surface area contributed by atoms with Gasteiger partial charge in [-0.15, -0.1) is 11.3 Å². The molecule has 2 aromatic carbocycles. The van der Waals surface area contributed by atoms with Gasteiger partial charge in [-0.25, -0.2) is 9.59 Å². The van der Waals surface area contributed by atoms with Crippen LogP contribution >= 0.6 is 11.3 Å². The SMILES string of the molecule is CCOC(=O)C1=C(N)n2c(s/c(=C/c3ccc(OC)cc3OC)c2=O)=C(C(=O)OCC)C1c1cc(OC)ccc1OC. The standard InChI is InChI=1S/C30H32N2O9S/c1-7-40-29(34)24-23(19-14-17(36-3)11-12-20(19)38-5)25(30(35)41-8-2)28-32(26(24)31)27(33)22(42-28)13-16-9-10-18(37-4)15-21(16)39-6/h9-15,23H,7-8,31H2,1-6H3/b22-13+. The number of hydrogen-bond donors (Lipinski definition) is 1. The minimum atomic E-state index is -1.10. The highest BCUT2D eigenvalue weighted by molar-refractivity contribution is 7.07. The topological polar surface area (TPSA) is 138 Å². The molecule has 4 rings (SSSR count). The fourth-order valence-electron chi connectivity index (χ4n) is 4.72. The minimum Gasteiger partial charge on any atom is -0.497 e. The summed E-state index contributed by atoms with van der Waals surface area (Å²) in [6.45, 7) is 3.39. The van der Waals surface area contributed by atoms with E-state index in [0.29, 0.717) is 34.1 Å². The van der Waals surface area contributed by atoms with Crippen LogP contribution in [0.25, 0.3) is 17.5 Å². The molecule has 1 aromatic heterocycles. The number of thiazole rings is 1. The van der Waals surface area contributed by atoms with Crippen molar-refractivity contribution in [1.82, 2.24) is 4.57 Å². The predicted molar refractivity (Wildman–Crippen MR) is 157 cm³/mol. The van der Waals surface area contributed by atoms with Crippen molar-refractivity contribution < 1.29 is 38.0 Å². The van der Waals surface area contributed by atoms with Crippen molar-refractivity contribution in [1.29, 1.82) is 0 Å². The fourth-order valence-corrected chi connectivity index (χ4v) is 5.87. The molecule has 3 aromatic rings. The number of carbonyl (C=O) groups is 2. The van der Waals surface area contributed by atoms with E-state index in [0.717, 1.165) is 15.9 Å². The third-order valence-electron chi connectivity index (χ3n) is 6.61. The number of ether oxygens (including phenoxy) is 6. The van der Waals surface area contributed by atoms with E-state index in [4.69, 9.17) is 34.2 Å². The highest BCUT2D eigenvalue weighted by Crippen LogP contribution is 2.43. The molecule has 0 bridgehead atoms. The van der Waals surface area contributed by atoms with E-state index in [9.17, 15) is 14.4 Å². The van der Waals surface area contributed by atoms with Crippen LogP contribution in [-0.2, 0) is 19.1 Å². The molecule has 0 fully saturated rings. The summed E-state index contributed by atoms with van der Waals surface area (Å²) in [4.78, 5) is 41.0. The van der Waals surface area contributed by atoms with E-state index in [1.165, 1.54) is 28.4 Å². The van der Waals surface area contributed by atoms with Gasteiger partial charge in [-0.3, -0.25) is 9.36 Å². The summed E-state index contributed by atoms with van der Waals surface area (Å²) in [5, 5.41) is 0. The van der Waals surface area contributed by atoms with E-state index < -0.39 is 23.4 Å². The zero-order valence-electron chi connectivity index (χ0n) is 24.1. The predicted octanol–water partition coefficient (Wildman–Crippen LogP) is 1.97. The van der Waals surface area contributed by atoms with Gasteiger partial charge in [0, 0.05) is 17.2 Å². The number of methoxy groups -OCH3 is 4. The van der Waals surface area contributed by atoms with Gasteiger partial charge in [0.2, 0.25) is 0 Å². The summed E-state index contributed by atoms with van der Waals surface area (Å²) < 4.78 is 34.2. The lowest BCUT2D eigenvalue weighted by atomic mass is 9.82. The third-order valence-corrected chi connectivity index (χ3v) is 7.72. The Morgan fingerprint density at radius 1 is 0.857 bits per heavy atom. The first-order chi connectivity index (χ1) is 20.2. The summed E-state index contributed by atoms with van der Waals surface area (Å²) in [5.74, 6) is -0.948. The van der Waals surface area contributed by atoms with Gasteiger partial charge in [-0.05, 0) is 50.3 Å². The van der Waals surface area contributed by atoms with Crippen molar-refractivity contribution in [3.63, 3.8) is 0 Å². The second-order valence-electron chi connectivity index (χ2n) is 8.86. The molecule has 2 N–H and O–H groups in total. The van der Waals surface area contributed by atoms with E-state index >= 15 is 0 Å². The van der Waals surface area contributed by atoms with E-state index in [1.54, 1.807) is 56.3 Å².